The smallest absolute Gasteiger partial charge is 0.250 e. The highest BCUT2D eigenvalue weighted by Crippen LogP contribution is 2.31. The average molecular weight is 258 g/mol. The number of rotatable bonds is 3. The normalized spacial score (nSPS) is 22.9. The van der Waals surface area contributed by atoms with E-state index in [-0.39, 0.29) is 5.41 Å². The second-order valence-corrected chi connectivity index (χ2v) is 5.41. The van der Waals surface area contributed by atoms with Gasteiger partial charge in [0.15, 0.2) is 0 Å². The summed E-state index contributed by atoms with van der Waals surface area (Å²) in [6.07, 6.45) is 1.07. The minimum atomic E-state index is 0.160. The van der Waals surface area contributed by atoms with Crippen molar-refractivity contribution in [2.75, 3.05) is 24.5 Å². The van der Waals surface area contributed by atoms with Gasteiger partial charge < -0.3 is 10.6 Å². The molecule has 2 N–H and O–H groups in total. The number of hydrogen-bond acceptors (Lipinski definition) is 5. The molecule has 0 aliphatic carbocycles. The minimum Gasteiger partial charge on any atom is -0.339 e. The summed E-state index contributed by atoms with van der Waals surface area (Å²) in [7, 11) is 0. The van der Waals surface area contributed by atoms with Crippen molar-refractivity contribution in [3.05, 3.63) is 30.3 Å². The van der Waals surface area contributed by atoms with Gasteiger partial charge in [0, 0.05) is 13.1 Å². The van der Waals surface area contributed by atoms with Crippen molar-refractivity contribution in [1.82, 2.24) is 20.2 Å². The van der Waals surface area contributed by atoms with E-state index in [0.29, 0.717) is 6.54 Å². The summed E-state index contributed by atoms with van der Waals surface area (Å²) >= 11 is 0. The quantitative estimate of drug-likeness (QED) is 0.883. The number of anilines is 1. The van der Waals surface area contributed by atoms with Gasteiger partial charge in [-0.15, -0.1) is 0 Å². The Labute approximate surface area is 112 Å². The van der Waals surface area contributed by atoms with Gasteiger partial charge in [-0.2, -0.15) is 4.68 Å². The third-order valence-electron chi connectivity index (χ3n) is 3.79. The van der Waals surface area contributed by atoms with Gasteiger partial charge in [0.25, 0.3) is 0 Å². The lowest BCUT2D eigenvalue weighted by molar-refractivity contribution is 0.383. The van der Waals surface area contributed by atoms with Gasteiger partial charge >= 0.3 is 0 Å². The van der Waals surface area contributed by atoms with Crippen molar-refractivity contribution in [3.8, 4) is 5.69 Å². The summed E-state index contributed by atoms with van der Waals surface area (Å²) in [6.45, 7) is 4.75. The molecule has 1 aromatic carbocycles. The number of tetrazole rings is 1. The molecule has 0 radical (unpaired) electrons. The molecule has 100 valence electrons. The number of nitrogens with zero attached hydrogens (tertiary/aromatic N) is 5. The fraction of sp³-hybridized carbons (Fsp3) is 0.462. The Hall–Kier alpha value is -1.95. The Morgan fingerprint density at radius 3 is 2.79 bits per heavy atom. The highest BCUT2D eigenvalue weighted by molar-refractivity contribution is 5.41. The fourth-order valence-corrected chi connectivity index (χ4v) is 2.48. The summed E-state index contributed by atoms with van der Waals surface area (Å²) in [5, 5.41) is 12.1. The first kappa shape index (κ1) is 12.1. The summed E-state index contributed by atoms with van der Waals surface area (Å²) in [4.78, 5) is 2.21. The number of benzene rings is 1. The third-order valence-corrected chi connectivity index (χ3v) is 3.79. The van der Waals surface area contributed by atoms with Crippen LogP contribution in [0.3, 0.4) is 0 Å². The standard InChI is InChI=1S/C13H18N6/c1-13(9-14)7-8-18(10-13)12-15-16-17-19(12)11-5-3-2-4-6-11/h2-6H,7-10,14H2,1H3. The number of aromatic nitrogens is 4. The number of hydrogen-bond donors (Lipinski definition) is 1. The van der Waals surface area contributed by atoms with Gasteiger partial charge in [0.2, 0.25) is 5.95 Å². The lowest BCUT2D eigenvalue weighted by atomic mass is 9.90. The van der Waals surface area contributed by atoms with Gasteiger partial charge in [0.05, 0.1) is 5.69 Å². The fourth-order valence-electron chi connectivity index (χ4n) is 2.48. The van der Waals surface area contributed by atoms with E-state index in [1.165, 1.54) is 0 Å². The Morgan fingerprint density at radius 1 is 1.32 bits per heavy atom. The van der Waals surface area contributed by atoms with Crippen LogP contribution in [-0.2, 0) is 0 Å². The van der Waals surface area contributed by atoms with Crippen LogP contribution < -0.4 is 10.6 Å². The van der Waals surface area contributed by atoms with Crippen molar-refractivity contribution in [2.24, 2.45) is 11.1 Å². The van der Waals surface area contributed by atoms with E-state index in [1.807, 2.05) is 30.3 Å². The van der Waals surface area contributed by atoms with Gasteiger partial charge in [-0.25, -0.2) is 0 Å². The molecule has 6 heteroatoms. The Bertz CT molecular complexity index is 551. The van der Waals surface area contributed by atoms with Crippen LogP contribution in [0.25, 0.3) is 5.69 Å². The second kappa shape index (κ2) is 4.62. The maximum atomic E-state index is 5.85. The monoisotopic (exact) mass is 258 g/mol. The molecule has 0 bridgehead atoms. The second-order valence-electron chi connectivity index (χ2n) is 5.41. The SMILES string of the molecule is CC1(CN)CCN(c2nnnn2-c2ccccc2)C1. The maximum absolute atomic E-state index is 5.85. The highest BCUT2D eigenvalue weighted by Gasteiger charge is 2.34. The maximum Gasteiger partial charge on any atom is 0.250 e. The molecule has 6 nitrogen and oxygen atoms in total. The van der Waals surface area contributed by atoms with Crippen LogP contribution in [0.15, 0.2) is 30.3 Å². The zero-order chi connectivity index (χ0) is 13.3. The molecule has 2 heterocycles. The first-order valence-corrected chi connectivity index (χ1v) is 6.51. The molecule has 1 saturated heterocycles. The van der Waals surface area contributed by atoms with E-state index in [9.17, 15) is 0 Å². The Kier molecular flexibility index (Phi) is 2.94. The average Bonchev–Trinajstić information content (AvgIpc) is 3.07. The molecule has 0 spiro atoms. The molecule has 1 aliphatic heterocycles. The van der Waals surface area contributed by atoms with Crippen LogP contribution in [0.1, 0.15) is 13.3 Å². The van der Waals surface area contributed by atoms with Crippen LogP contribution in [-0.4, -0.2) is 39.8 Å². The molecular weight excluding hydrogens is 240 g/mol. The first-order chi connectivity index (χ1) is 9.22. The summed E-state index contributed by atoms with van der Waals surface area (Å²) in [5.74, 6) is 0.795. The molecular formula is C13H18N6. The third kappa shape index (κ3) is 2.19. The molecule has 3 rings (SSSR count). The van der Waals surface area contributed by atoms with E-state index < -0.39 is 0 Å². The predicted molar refractivity (Wildman–Crippen MR) is 73.1 cm³/mol. The number of para-hydroxylation sites is 1. The highest BCUT2D eigenvalue weighted by atomic mass is 15.6. The van der Waals surface area contributed by atoms with E-state index in [0.717, 1.165) is 31.1 Å². The van der Waals surface area contributed by atoms with Crippen LogP contribution in [0, 0.1) is 5.41 Å². The number of nitrogens with two attached hydrogens (primary N) is 1. The molecule has 19 heavy (non-hydrogen) atoms. The van der Waals surface area contributed by atoms with Crippen molar-refractivity contribution in [1.29, 1.82) is 0 Å². The largest absolute Gasteiger partial charge is 0.339 e. The van der Waals surface area contributed by atoms with Crippen LogP contribution in [0.2, 0.25) is 0 Å². The predicted octanol–water partition coefficient (Wildman–Crippen LogP) is 0.837. The van der Waals surface area contributed by atoms with E-state index >= 15 is 0 Å². The summed E-state index contributed by atoms with van der Waals surface area (Å²) in [5.41, 5.74) is 6.98. The van der Waals surface area contributed by atoms with Gasteiger partial charge in [-0.1, -0.05) is 30.2 Å². The van der Waals surface area contributed by atoms with Crippen LogP contribution in [0.4, 0.5) is 5.95 Å². The summed E-state index contributed by atoms with van der Waals surface area (Å²) < 4.78 is 1.78. The van der Waals surface area contributed by atoms with Crippen molar-refractivity contribution >= 4 is 5.95 Å². The molecule has 1 aliphatic rings. The molecule has 1 fully saturated rings. The molecule has 2 aromatic rings. The molecule has 1 aromatic heterocycles. The van der Waals surface area contributed by atoms with E-state index in [4.69, 9.17) is 5.73 Å². The summed E-state index contributed by atoms with van der Waals surface area (Å²) in [6, 6.07) is 9.94. The van der Waals surface area contributed by atoms with Crippen LogP contribution in [0.5, 0.6) is 0 Å². The zero-order valence-electron chi connectivity index (χ0n) is 11.0. The van der Waals surface area contributed by atoms with E-state index in [1.54, 1.807) is 4.68 Å². The zero-order valence-corrected chi connectivity index (χ0v) is 11.0. The first-order valence-electron chi connectivity index (χ1n) is 6.51. The van der Waals surface area contributed by atoms with Gasteiger partial charge in [-0.3, -0.25) is 0 Å². The van der Waals surface area contributed by atoms with Crippen molar-refractivity contribution < 1.29 is 0 Å². The van der Waals surface area contributed by atoms with Gasteiger partial charge in [0.1, 0.15) is 0 Å². The van der Waals surface area contributed by atoms with Gasteiger partial charge in [-0.05, 0) is 40.9 Å². The Balaban J connectivity index is 1.90. The molecule has 0 saturated carbocycles. The Morgan fingerprint density at radius 2 is 2.11 bits per heavy atom. The topological polar surface area (TPSA) is 72.9 Å². The lowest BCUT2D eigenvalue weighted by Gasteiger charge is -2.22. The lowest BCUT2D eigenvalue weighted by Crippen LogP contribution is -2.32. The van der Waals surface area contributed by atoms with Crippen molar-refractivity contribution in [2.45, 2.75) is 13.3 Å². The molecule has 1 atom stereocenters. The molecule has 0 amide bonds. The van der Waals surface area contributed by atoms with Crippen LogP contribution >= 0.6 is 0 Å². The van der Waals surface area contributed by atoms with E-state index in [2.05, 4.69) is 27.3 Å². The van der Waals surface area contributed by atoms with Crippen molar-refractivity contribution in [3.63, 3.8) is 0 Å². The minimum absolute atomic E-state index is 0.160. The molecule has 1 unspecified atom stereocenters.